The molecule has 4 aromatic rings. The Labute approximate surface area is 208 Å². The lowest BCUT2D eigenvalue weighted by molar-refractivity contribution is 0.491. The van der Waals surface area contributed by atoms with Crippen LogP contribution in [0.4, 0.5) is 0 Å². The zero-order valence-corrected chi connectivity index (χ0v) is 21.4. The third kappa shape index (κ3) is 4.08. The van der Waals surface area contributed by atoms with Crippen LogP contribution in [0.15, 0.2) is 41.7 Å². The molecule has 172 valence electrons. The Morgan fingerprint density at radius 1 is 1.12 bits per heavy atom. The summed E-state index contributed by atoms with van der Waals surface area (Å²) >= 11 is 7.87. The molecule has 6 nitrogen and oxygen atoms in total. The molecule has 0 aliphatic carbocycles. The molecular formula is C26H25ClN6S. The van der Waals surface area contributed by atoms with E-state index in [1.807, 2.05) is 44.4 Å². The van der Waals surface area contributed by atoms with Gasteiger partial charge >= 0.3 is 0 Å². The molecule has 1 atom stereocenters. The summed E-state index contributed by atoms with van der Waals surface area (Å²) in [5, 5.41) is 15.0. The molecule has 3 aromatic heterocycles. The molecule has 0 bridgehead atoms. The molecule has 0 saturated heterocycles. The average Bonchev–Trinajstić information content (AvgIpc) is 3.45. The number of halogens is 1. The van der Waals surface area contributed by atoms with Gasteiger partial charge in [0.2, 0.25) is 0 Å². The van der Waals surface area contributed by atoms with Gasteiger partial charge in [-0.05, 0) is 43.9 Å². The SMILES string of the molecule is Cc1c(C#Cc2cnn(C)c2)sc2c1C(c1ccc(Cl)cc1)=N[C@@H](CC(C)C)c1nnc(C)n1-2. The smallest absolute Gasteiger partial charge is 0.163 e. The van der Waals surface area contributed by atoms with Gasteiger partial charge in [-0.25, -0.2) is 0 Å². The number of fused-ring (bicyclic) bond motifs is 3. The standard InChI is InChI=1S/C26H25ClN6S/c1-15(2)12-21-25-31-30-17(4)33(25)26-23(24(29-21)19-7-9-20(27)10-8-19)16(3)22(34-26)11-6-18-13-28-32(5)14-18/h7-10,13-15,21H,12H2,1-5H3/t21-/m0/s1. The molecular weight excluding hydrogens is 464 g/mol. The minimum absolute atomic E-state index is 0.0872. The van der Waals surface area contributed by atoms with Crippen molar-refractivity contribution in [3.63, 3.8) is 0 Å². The second kappa shape index (κ2) is 8.86. The summed E-state index contributed by atoms with van der Waals surface area (Å²) < 4.78 is 3.93. The number of benzene rings is 1. The fraction of sp³-hybridized carbons (Fsp3) is 0.308. The summed E-state index contributed by atoms with van der Waals surface area (Å²) in [6.45, 7) is 8.54. The highest BCUT2D eigenvalue weighted by molar-refractivity contribution is 7.15. The number of aryl methyl sites for hydroxylation is 2. The Balaban J connectivity index is 1.75. The van der Waals surface area contributed by atoms with Crippen molar-refractivity contribution in [1.29, 1.82) is 0 Å². The van der Waals surface area contributed by atoms with Crippen molar-refractivity contribution in [1.82, 2.24) is 24.5 Å². The van der Waals surface area contributed by atoms with Crippen molar-refractivity contribution in [3.8, 4) is 16.8 Å². The molecule has 0 N–H and O–H groups in total. The van der Waals surface area contributed by atoms with Gasteiger partial charge in [0.05, 0.1) is 22.3 Å². The van der Waals surface area contributed by atoms with E-state index in [4.69, 9.17) is 16.6 Å². The largest absolute Gasteiger partial charge is 0.275 e. The third-order valence-electron chi connectivity index (χ3n) is 5.84. The highest BCUT2D eigenvalue weighted by Gasteiger charge is 2.32. The molecule has 34 heavy (non-hydrogen) atoms. The van der Waals surface area contributed by atoms with Crippen LogP contribution in [0.3, 0.4) is 0 Å². The van der Waals surface area contributed by atoms with Crippen LogP contribution in [0.2, 0.25) is 5.02 Å². The van der Waals surface area contributed by atoms with Crippen LogP contribution in [-0.2, 0) is 7.05 Å². The highest BCUT2D eigenvalue weighted by Crippen LogP contribution is 2.40. The second-order valence-electron chi connectivity index (χ2n) is 8.96. The molecule has 0 radical (unpaired) electrons. The first-order valence-electron chi connectivity index (χ1n) is 11.2. The van der Waals surface area contributed by atoms with Crippen molar-refractivity contribution in [2.75, 3.05) is 0 Å². The van der Waals surface area contributed by atoms with Crippen molar-refractivity contribution < 1.29 is 0 Å². The Morgan fingerprint density at radius 3 is 2.56 bits per heavy atom. The summed E-state index contributed by atoms with van der Waals surface area (Å²) in [5.41, 5.74) is 5.05. The molecule has 0 amide bonds. The first-order valence-corrected chi connectivity index (χ1v) is 12.4. The molecule has 1 aromatic carbocycles. The van der Waals surface area contributed by atoms with Crippen LogP contribution in [0, 0.1) is 31.6 Å². The van der Waals surface area contributed by atoms with Gasteiger partial charge in [-0.2, -0.15) is 5.10 Å². The molecule has 0 spiro atoms. The third-order valence-corrected chi connectivity index (χ3v) is 7.28. The summed E-state index contributed by atoms with van der Waals surface area (Å²) in [6.07, 6.45) is 4.58. The van der Waals surface area contributed by atoms with Gasteiger partial charge in [0, 0.05) is 29.4 Å². The van der Waals surface area contributed by atoms with Gasteiger partial charge in [-0.3, -0.25) is 14.2 Å². The van der Waals surface area contributed by atoms with Gasteiger partial charge < -0.3 is 0 Å². The highest BCUT2D eigenvalue weighted by atomic mass is 35.5. The summed E-state index contributed by atoms with van der Waals surface area (Å²) in [7, 11) is 1.89. The first kappa shape index (κ1) is 22.6. The van der Waals surface area contributed by atoms with Gasteiger partial charge in [0.25, 0.3) is 0 Å². The average molecular weight is 489 g/mol. The lowest BCUT2D eigenvalue weighted by Gasteiger charge is -2.14. The normalized spacial score (nSPS) is 14.8. The predicted molar refractivity (Wildman–Crippen MR) is 137 cm³/mol. The van der Waals surface area contributed by atoms with Crippen LogP contribution in [0.5, 0.6) is 0 Å². The molecule has 0 saturated carbocycles. The summed E-state index contributed by atoms with van der Waals surface area (Å²) in [6, 6.07) is 7.81. The molecule has 0 fully saturated rings. The molecule has 1 aliphatic heterocycles. The molecule has 5 rings (SSSR count). The first-order chi connectivity index (χ1) is 16.3. The summed E-state index contributed by atoms with van der Waals surface area (Å²) in [5.74, 6) is 8.82. The maximum atomic E-state index is 6.21. The minimum atomic E-state index is -0.0872. The fourth-order valence-electron chi connectivity index (χ4n) is 4.22. The summed E-state index contributed by atoms with van der Waals surface area (Å²) in [4.78, 5) is 6.30. The van der Waals surface area contributed by atoms with Crippen molar-refractivity contribution in [2.45, 2.75) is 40.2 Å². The van der Waals surface area contributed by atoms with E-state index in [1.54, 1.807) is 22.2 Å². The molecule has 4 heterocycles. The lowest BCUT2D eigenvalue weighted by Crippen LogP contribution is -2.08. The Bertz CT molecular complexity index is 1460. The van der Waals surface area contributed by atoms with Crippen molar-refractivity contribution in [2.24, 2.45) is 18.0 Å². The van der Waals surface area contributed by atoms with Gasteiger partial charge in [-0.1, -0.05) is 49.4 Å². The number of rotatable bonds is 3. The van der Waals surface area contributed by atoms with E-state index in [9.17, 15) is 0 Å². The van der Waals surface area contributed by atoms with E-state index >= 15 is 0 Å². The van der Waals surface area contributed by atoms with Crippen LogP contribution in [0.25, 0.3) is 5.00 Å². The van der Waals surface area contributed by atoms with E-state index in [2.05, 4.69) is 52.5 Å². The Hall–Kier alpha value is -3.21. The Morgan fingerprint density at radius 2 is 1.88 bits per heavy atom. The van der Waals surface area contributed by atoms with Gasteiger partial charge in [0.15, 0.2) is 5.82 Å². The van der Waals surface area contributed by atoms with E-state index < -0.39 is 0 Å². The number of aromatic nitrogens is 5. The zero-order valence-electron chi connectivity index (χ0n) is 19.8. The predicted octanol–water partition coefficient (Wildman–Crippen LogP) is 5.67. The monoisotopic (exact) mass is 488 g/mol. The van der Waals surface area contributed by atoms with Crippen LogP contribution >= 0.6 is 22.9 Å². The number of hydrogen-bond acceptors (Lipinski definition) is 5. The topological polar surface area (TPSA) is 60.9 Å². The molecule has 8 heteroatoms. The maximum absolute atomic E-state index is 6.21. The molecule has 1 aliphatic rings. The van der Waals surface area contributed by atoms with Crippen LogP contribution in [-0.4, -0.2) is 30.3 Å². The maximum Gasteiger partial charge on any atom is 0.163 e. The van der Waals surface area contributed by atoms with E-state index in [-0.39, 0.29) is 6.04 Å². The van der Waals surface area contributed by atoms with E-state index in [0.717, 1.165) is 55.9 Å². The van der Waals surface area contributed by atoms with Gasteiger partial charge in [0.1, 0.15) is 16.9 Å². The Kier molecular flexibility index (Phi) is 5.88. The fourth-order valence-corrected chi connectivity index (χ4v) is 5.57. The number of aliphatic imine (C=N–C) groups is 1. The van der Waals surface area contributed by atoms with Crippen LogP contribution < -0.4 is 0 Å². The quantitative estimate of drug-likeness (QED) is 0.349. The second-order valence-corrected chi connectivity index (χ2v) is 10.4. The minimum Gasteiger partial charge on any atom is -0.275 e. The van der Waals surface area contributed by atoms with Gasteiger partial charge in [-0.15, -0.1) is 21.5 Å². The number of nitrogens with zero attached hydrogens (tertiary/aromatic N) is 6. The zero-order chi connectivity index (χ0) is 24.0. The number of hydrogen-bond donors (Lipinski definition) is 0. The van der Waals surface area contributed by atoms with Crippen molar-refractivity contribution >= 4 is 28.6 Å². The van der Waals surface area contributed by atoms with E-state index in [1.165, 1.54) is 0 Å². The lowest BCUT2D eigenvalue weighted by atomic mass is 9.99. The van der Waals surface area contributed by atoms with Crippen molar-refractivity contribution in [3.05, 3.63) is 80.5 Å². The molecule has 0 unspecified atom stereocenters. The van der Waals surface area contributed by atoms with E-state index in [0.29, 0.717) is 10.9 Å². The van der Waals surface area contributed by atoms with Crippen LogP contribution in [0.1, 0.15) is 65.1 Å². The number of thiophene rings is 1.